The summed E-state index contributed by atoms with van der Waals surface area (Å²) in [5, 5.41) is 3.40. The molecule has 2 aromatic carbocycles. The third-order valence-electron chi connectivity index (χ3n) is 4.15. The lowest BCUT2D eigenvalue weighted by molar-refractivity contribution is -0.671. The van der Waals surface area contributed by atoms with Gasteiger partial charge in [0.1, 0.15) is 7.05 Å². The molecule has 0 aliphatic rings. The Bertz CT molecular complexity index is 1090. The molecule has 4 rings (SSSR count). The summed E-state index contributed by atoms with van der Waals surface area (Å²) >= 11 is 0. The van der Waals surface area contributed by atoms with Crippen molar-refractivity contribution in [3.8, 4) is 0 Å². The standard InChI is InChI=1S/C21H18N3.HI/c1-24-12-4-5-15(14-24)8-11-21-19-13-16(22)9-10-17(19)18-6-2-3-7-20(18)23-21;/h2-14H,22H2,1H3;1H/q+1;/p-1/b11-8-;. The van der Waals surface area contributed by atoms with Gasteiger partial charge in [0.15, 0.2) is 12.4 Å². The fourth-order valence-corrected chi connectivity index (χ4v) is 3.01. The number of aryl methyl sites for hydroxylation is 1. The molecule has 0 atom stereocenters. The Hall–Kier alpha value is -2.47. The maximum atomic E-state index is 6.01. The van der Waals surface area contributed by atoms with Crippen LogP contribution >= 0.6 is 0 Å². The zero-order chi connectivity index (χ0) is 16.5. The summed E-state index contributed by atoms with van der Waals surface area (Å²) in [4.78, 5) is 4.83. The third kappa shape index (κ3) is 3.49. The van der Waals surface area contributed by atoms with Crippen molar-refractivity contribution in [2.45, 2.75) is 0 Å². The number of anilines is 1. The van der Waals surface area contributed by atoms with Gasteiger partial charge in [-0.3, -0.25) is 0 Å². The minimum absolute atomic E-state index is 0. The maximum absolute atomic E-state index is 6.01. The number of para-hydroxylation sites is 1. The fourth-order valence-electron chi connectivity index (χ4n) is 3.01. The number of hydrogen-bond acceptors (Lipinski definition) is 2. The molecule has 0 aliphatic carbocycles. The van der Waals surface area contributed by atoms with Gasteiger partial charge in [-0.15, -0.1) is 0 Å². The summed E-state index contributed by atoms with van der Waals surface area (Å²) < 4.78 is 2.03. The number of hydrogen-bond donors (Lipinski definition) is 1. The lowest BCUT2D eigenvalue weighted by Crippen LogP contribution is -3.00. The van der Waals surface area contributed by atoms with Crippen LogP contribution in [0.1, 0.15) is 11.3 Å². The number of halogens is 1. The van der Waals surface area contributed by atoms with Gasteiger partial charge in [0.05, 0.1) is 11.2 Å². The van der Waals surface area contributed by atoms with Crippen LogP contribution < -0.4 is 34.3 Å². The quantitative estimate of drug-likeness (QED) is 0.219. The number of fused-ring (bicyclic) bond motifs is 3. The monoisotopic (exact) mass is 439 g/mol. The second kappa shape index (κ2) is 7.19. The first kappa shape index (κ1) is 17.4. The minimum Gasteiger partial charge on any atom is -1.00 e. The van der Waals surface area contributed by atoms with E-state index in [0.29, 0.717) is 0 Å². The predicted molar refractivity (Wildman–Crippen MR) is 100 cm³/mol. The van der Waals surface area contributed by atoms with Crippen molar-refractivity contribution in [1.29, 1.82) is 0 Å². The lowest BCUT2D eigenvalue weighted by Gasteiger charge is -2.08. The fraction of sp³-hybridized carbons (Fsp3) is 0.0476. The number of nitrogen functional groups attached to an aromatic ring is 1. The van der Waals surface area contributed by atoms with Gasteiger partial charge in [-0.2, -0.15) is 0 Å². The third-order valence-corrected chi connectivity index (χ3v) is 4.15. The van der Waals surface area contributed by atoms with Gasteiger partial charge < -0.3 is 29.7 Å². The first-order valence-electron chi connectivity index (χ1n) is 7.92. The molecule has 124 valence electrons. The average Bonchev–Trinajstić information content (AvgIpc) is 2.59. The molecule has 0 saturated heterocycles. The van der Waals surface area contributed by atoms with Crippen LogP contribution in [0.2, 0.25) is 0 Å². The number of nitrogens with two attached hydrogens (primary N) is 1. The van der Waals surface area contributed by atoms with Gasteiger partial charge in [0, 0.05) is 28.1 Å². The zero-order valence-electron chi connectivity index (χ0n) is 13.9. The molecular weight excluding hydrogens is 421 g/mol. The molecular formula is C21H18IN3. The summed E-state index contributed by atoms with van der Waals surface area (Å²) in [7, 11) is 2.02. The summed E-state index contributed by atoms with van der Waals surface area (Å²) in [6.45, 7) is 0. The number of pyridine rings is 2. The molecule has 0 aliphatic heterocycles. The highest BCUT2D eigenvalue weighted by Crippen LogP contribution is 2.29. The van der Waals surface area contributed by atoms with E-state index in [1.165, 1.54) is 5.39 Å². The maximum Gasteiger partial charge on any atom is 0.175 e. The molecule has 2 heterocycles. The number of nitrogens with zero attached hydrogens (tertiary/aromatic N) is 2. The first-order valence-corrected chi connectivity index (χ1v) is 7.92. The van der Waals surface area contributed by atoms with E-state index in [4.69, 9.17) is 10.7 Å². The van der Waals surface area contributed by atoms with Gasteiger partial charge >= 0.3 is 0 Å². The van der Waals surface area contributed by atoms with Crippen molar-refractivity contribution in [3.63, 3.8) is 0 Å². The van der Waals surface area contributed by atoms with E-state index in [0.717, 1.165) is 33.2 Å². The molecule has 0 spiro atoms. The first-order chi connectivity index (χ1) is 11.7. The molecule has 3 nitrogen and oxygen atoms in total. The molecule has 0 amide bonds. The average molecular weight is 439 g/mol. The Balaban J connectivity index is 0.00000182. The van der Waals surface area contributed by atoms with E-state index in [2.05, 4.69) is 36.5 Å². The Morgan fingerprint density at radius 3 is 2.60 bits per heavy atom. The topological polar surface area (TPSA) is 42.8 Å². The van der Waals surface area contributed by atoms with Crippen LogP contribution in [-0.2, 0) is 7.05 Å². The molecule has 0 saturated carbocycles. The van der Waals surface area contributed by atoms with E-state index in [1.54, 1.807) is 0 Å². The molecule has 0 fully saturated rings. The van der Waals surface area contributed by atoms with Crippen molar-refractivity contribution in [2.75, 3.05) is 5.73 Å². The normalized spacial score (nSPS) is 11.1. The van der Waals surface area contributed by atoms with Crippen LogP contribution in [0, 0.1) is 0 Å². The van der Waals surface area contributed by atoms with Crippen molar-refractivity contribution >= 4 is 39.5 Å². The van der Waals surface area contributed by atoms with Crippen LogP contribution in [0.5, 0.6) is 0 Å². The largest absolute Gasteiger partial charge is 1.00 e. The van der Waals surface area contributed by atoms with E-state index in [9.17, 15) is 0 Å². The summed E-state index contributed by atoms with van der Waals surface area (Å²) in [5.41, 5.74) is 9.82. The number of benzene rings is 2. The summed E-state index contributed by atoms with van der Waals surface area (Å²) in [6.07, 6.45) is 8.24. The highest BCUT2D eigenvalue weighted by molar-refractivity contribution is 6.09. The SMILES string of the molecule is C[n+]1cccc(/C=C\c2nc3ccccc3c3ccc(N)cc23)c1.[I-]. The second-order valence-electron chi connectivity index (χ2n) is 5.96. The van der Waals surface area contributed by atoms with Crippen LogP contribution in [0.4, 0.5) is 5.69 Å². The van der Waals surface area contributed by atoms with Crippen LogP contribution in [-0.4, -0.2) is 4.98 Å². The van der Waals surface area contributed by atoms with Crippen LogP contribution in [0.3, 0.4) is 0 Å². The summed E-state index contributed by atoms with van der Waals surface area (Å²) in [6, 6.07) is 18.3. The molecule has 25 heavy (non-hydrogen) atoms. The van der Waals surface area contributed by atoms with Crippen molar-refractivity contribution in [1.82, 2.24) is 4.98 Å². The van der Waals surface area contributed by atoms with Crippen molar-refractivity contribution in [2.24, 2.45) is 7.05 Å². The molecule has 0 radical (unpaired) electrons. The highest BCUT2D eigenvalue weighted by atomic mass is 127. The van der Waals surface area contributed by atoms with Gasteiger partial charge in [0.2, 0.25) is 0 Å². The minimum atomic E-state index is 0. The van der Waals surface area contributed by atoms with Crippen LogP contribution in [0.15, 0.2) is 67.0 Å². The Kier molecular flexibility index (Phi) is 4.99. The lowest BCUT2D eigenvalue weighted by atomic mass is 10.0. The number of rotatable bonds is 2. The Labute approximate surface area is 163 Å². The molecule has 2 aromatic heterocycles. The Morgan fingerprint density at radius 2 is 1.76 bits per heavy atom. The molecule has 0 unspecified atom stereocenters. The van der Waals surface area contributed by atoms with Crippen LogP contribution in [0.25, 0.3) is 33.8 Å². The van der Waals surface area contributed by atoms with E-state index in [-0.39, 0.29) is 24.0 Å². The zero-order valence-corrected chi connectivity index (χ0v) is 16.0. The van der Waals surface area contributed by atoms with Gasteiger partial charge in [-0.1, -0.05) is 24.3 Å². The molecule has 0 bridgehead atoms. The van der Waals surface area contributed by atoms with Crippen molar-refractivity contribution in [3.05, 3.63) is 78.2 Å². The van der Waals surface area contributed by atoms with Gasteiger partial charge in [-0.25, -0.2) is 9.55 Å². The van der Waals surface area contributed by atoms with E-state index in [1.807, 2.05) is 54.2 Å². The number of aromatic nitrogens is 2. The predicted octanol–water partition coefficient (Wildman–Crippen LogP) is 0.969. The van der Waals surface area contributed by atoms with Gasteiger partial charge in [0.25, 0.3) is 0 Å². The summed E-state index contributed by atoms with van der Waals surface area (Å²) in [5.74, 6) is 0. The van der Waals surface area contributed by atoms with Gasteiger partial charge in [-0.05, 0) is 41.8 Å². The highest BCUT2D eigenvalue weighted by Gasteiger charge is 2.07. The second-order valence-corrected chi connectivity index (χ2v) is 5.96. The van der Waals surface area contributed by atoms with Crippen molar-refractivity contribution < 1.29 is 28.5 Å². The molecule has 4 aromatic rings. The van der Waals surface area contributed by atoms with E-state index < -0.39 is 0 Å². The molecule has 2 N–H and O–H groups in total. The Morgan fingerprint density at radius 1 is 0.920 bits per heavy atom. The smallest absolute Gasteiger partial charge is 0.175 e. The molecule has 4 heteroatoms. The van der Waals surface area contributed by atoms with E-state index >= 15 is 0 Å².